The summed E-state index contributed by atoms with van der Waals surface area (Å²) in [6.07, 6.45) is 5.85. The first-order valence-electron chi connectivity index (χ1n) is 5.01. The van der Waals surface area contributed by atoms with Crippen molar-refractivity contribution in [3.8, 4) is 0 Å². The van der Waals surface area contributed by atoms with Crippen molar-refractivity contribution in [3.05, 3.63) is 17.4 Å². The monoisotopic (exact) mass is 211 g/mol. The highest BCUT2D eigenvalue weighted by atomic mass is 35.5. The molecule has 1 aliphatic rings. The van der Waals surface area contributed by atoms with E-state index in [2.05, 4.69) is 22.2 Å². The minimum atomic E-state index is 0.577. The first-order chi connectivity index (χ1) is 6.79. The average Bonchev–Trinajstić information content (AvgIpc) is 2.96. The summed E-state index contributed by atoms with van der Waals surface area (Å²) in [4.78, 5) is 8.15. The molecule has 1 aromatic heterocycles. The van der Waals surface area contributed by atoms with Gasteiger partial charge in [0.25, 0.3) is 0 Å². The first-order valence-corrected chi connectivity index (χ1v) is 5.38. The molecule has 0 spiro atoms. The Bertz CT molecular complexity index is 299. The van der Waals surface area contributed by atoms with Gasteiger partial charge in [-0.1, -0.05) is 24.9 Å². The van der Waals surface area contributed by atoms with Gasteiger partial charge in [-0.3, -0.25) is 0 Å². The highest BCUT2D eigenvalue weighted by Gasteiger charge is 2.34. The summed E-state index contributed by atoms with van der Waals surface area (Å²) in [5, 5.41) is 3.79. The summed E-state index contributed by atoms with van der Waals surface area (Å²) in [6.45, 7) is 3.23. The molecule has 0 bridgehead atoms. The summed E-state index contributed by atoms with van der Waals surface area (Å²) >= 11 is 5.68. The van der Waals surface area contributed by atoms with Crippen LogP contribution in [0, 0.1) is 11.8 Å². The molecule has 1 aromatic rings. The van der Waals surface area contributed by atoms with E-state index in [4.69, 9.17) is 11.6 Å². The van der Waals surface area contributed by atoms with Crippen molar-refractivity contribution < 1.29 is 0 Å². The summed E-state index contributed by atoms with van der Waals surface area (Å²) in [5.41, 5.74) is 0. The van der Waals surface area contributed by atoms with E-state index >= 15 is 0 Å². The maximum absolute atomic E-state index is 5.68. The Labute approximate surface area is 88.9 Å². The molecule has 3 nitrogen and oxygen atoms in total. The van der Waals surface area contributed by atoms with Crippen molar-refractivity contribution in [1.29, 1.82) is 0 Å². The second kappa shape index (κ2) is 4.13. The van der Waals surface area contributed by atoms with E-state index in [1.54, 1.807) is 12.4 Å². The molecule has 1 heterocycles. The molecule has 0 saturated heterocycles. The molecule has 0 radical (unpaired) electrons. The summed E-state index contributed by atoms with van der Waals surface area (Å²) in [5.74, 6) is 2.41. The largest absolute Gasteiger partial charge is 0.354 e. The SMILES string of the molecule is CCC1CC1CNc1ncc(Cl)cn1. The number of anilines is 1. The van der Waals surface area contributed by atoms with Crippen LogP contribution in [0.3, 0.4) is 0 Å². The van der Waals surface area contributed by atoms with E-state index in [0.29, 0.717) is 11.0 Å². The number of hydrogen-bond donors (Lipinski definition) is 1. The van der Waals surface area contributed by atoms with Gasteiger partial charge in [0.1, 0.15) is 0 Å². The Kier molecular flexibility index (Phi) is 2.87. The van der Waals surface area contributed by atoms with Gasteiger partial charge in [-0.2, -0.15) is 0 Å². The van der Waals surface area contributed by atoms with Crippen molar-refractivity contribution in [1.82, 2.24) is 9.97 Å². The number of nitrogens with zero attached hydrogens (tertiary/aromatic N) is 2. The predicted molar refractivity (Wildman–Crippen MR) is 57.4 cm³/mol. The summed E-state index contributed by atoms with van der Waals surface area (Å²) in [7, 11) is 0. The molecule has 76 valence electrons. The van der Waals surface area contributed by atoms with Crippen molar-refractivity contribution in [2.24, 2.45) is 11.8 Å². The van der Waals surface area contributed by atoms with E-state index in [9.17, 15) is 0 Å². The second-order valence-electron chi connectivity index (χ2n) is 3.77. The third-order valence-corrected chi connectivity index (χ3v) is 2.93. The van der Waals surface area contributed by atoms with Crippen LogP contribution < -0.4 is 5.32 Å². The lowest BCUT2D eigenvalue weighted by Gasteiger charge is -2.02. The summed E-state index contributed by atoms with van der Waals surface area (Å²) in [6, 6.07) is 0. The smallest absolute Gasteiger partial charge is 0.222 e. The molecular weight excluding hydrogens is 198 g/mol. The van der Waals surface area contributed by atoms with E-state index in [-0.39, 0.29) is 0 Å². The molecule has 2 atom stereocenters. The Morgan fingerprint density at radius 3 is 2.71 bits per heavy atom. The zero-order chi connectivity index (χ0) is 9.97. The molecule has 1 fully saturated rings. The zero-order valence-electron chi connectivity index (χ0n) is 8.20. The number of nitrogens with one attached hydrogen (secondary N) is 1. The van der Waals surface area contributed by atoms with Gasteiger partial charge in [0.2, 0.25) is 5.95 Å². The van der Waals surface area contributed by atoms with Crippen LogP contribution in [0.15, 0.2) is 12.4 Å². The van der Waals surface area contributed by atoms with Crippen LogP contribution in [-0.2, 0) is 0 Å². The highest BCUT2D eigenvalue weighted by Crippen LogP contribution is 2.40. The Balaban J connectivity index is 1.78. The van der Waals surface area contributed by atoms with Crippen molar-refractivity contribution in [2.75, 3.05) is 11.9 Å². The van der Waals surface area contributed by atoms with Gasteiger partial charge < -0.3 is 5.32 Å². The molecule has 4 heteroatoms. The van der Waals surface area contributed by atoms with Crippen LogP contribution in [0.25, 0.3) is 0 Å². The third-order valence-electron chi connectivity index (χ3n) is 2.74. The molecule has 14 heavy (non-hydrogen) atoms. The third kappa shape index (κ3) is 2.35. The van der Waals surface area contributed by atoms with Gasteiger partial charge in [0, 0.05) is 6.54 Å². The number of halogens is 1. The topological polar surface area (TPSA) is 37.8 Å². The fourth-order valence-corrected chi connectivity index (χ4v) is 1.78. The maximum atomic E-state index is 5.68. The lowest BCUT2D eigenvalue weighted by Crippen LogP contribution is -2.07. The highest BCUT2D eigenvalue weighted by molar-refractivity contribution is 6.30. The maximum Gasteiger partial charge on any atom is 0.222 e. The van der Waals surface area contributed by atoms with Crippen LogP contribution in [0.5, 0.6) is 0 Å². The quantitative estimate of drug-likeness (QED) is 0.832. The number of aromatic nitrogens is 2. The van der Waals surface area contributed by atoms with Crippen molar-refractivity contribution in [2.45, 2.75) is 19.8 Å². The fraction of sp³-hybridized carbons (Fsp3) is 0.600. The van der Waals surface area contributed by atoms with Crippen LogP contribution in [-0.4, -0.2) is 16.5 Å². The molecule has 1 aliphatic carbocycles. The zero-order valence-corrected chi connectivity index (χ0v) is 8.96. The first kappa shape index (κ1) is 9.71. The average molecular weight is 212 g/mol. The second-order valence-corrected chi connectivity index (χ2v) is 4.21. The van der Waals surface area contributed by atoms with Gasteiger partial charge >= 0.3 is 0 Å². The number of hydrogen-bond acceptors (Lipinski definition) is 3. The molecule has 0 aromatic carbocycles. The normalized spacial score (nSPS) is 24.7. The van der Waals surface area contributed by atoms with Gasteiger partial charge in [0.05, 0.1) is 17.4 Å². The van der Waals surface area contributed by atoms with Crippen molar-refractivity contribution in [3.63, 3.8) is 0 Å². The van der Waals surface area contributed by atoms with Crippen LogP contribution in [0.2, 0.25) is 5.02 Å². The molecule has 2 unspecified atom stereocenters. The summed E-state index contributed by atoms with van der Waals surface area (Å²) < 4.78 is 0. The van der Waals surface area contributed by atoms with E-state index in [0.717, 1.165) is 18.4 Å². The molecule has 0 aliphatic heterocycles. The molecule has 1 saturated carbocycles. The van der Waals surface area contributed by atoms with Gasteiger partial charge in [-0.25, -0.2) is 9.97 Å². The van der Waals surface area contributed by atoms with Crippen molar-refractivity contribution >= 4 is 17.5 Å². The van der Waals surface area contributed by atoms with Crippen LogP contribution in [0.4, 0.5) is 5.95 Å². The van der Waals surface area contributed by atoms with E-state index in [1.807, 2.05) is 0 Å². The predicted octanol–water partition coefficient (Wildman–Crippen LogP) is 2.59. The standard InChI is InChI=1S/C10H14ClN3/c1-2-7-3-8(7)4-12-10-13-5-9(11)6-14-10/h5-8H,2-4H2,1H3,(H,12,13,14). The lowest BCUT2D eigenvalue weighted by atomic mass is 10.2. The van der Waals surface area contributed by atoms with Gasteiger partial charge in [-0.05, 0) is 18.3 Å². The molecular formula is C10H14ClN3. The molecule has 0 amide bonds. The fourth-order valence-electron chi connectivity index (χ4n) is 1.69. The minimum absolute atomic E-state index is 0.577. The molecule has 1 N–H and O–H groups in total. The van der Waals surface area contributed by atoms with E-state index < -0.39 is 0 Å². The Morgan fingerprint density at radius 2 is 2.14 bits per heavy atom. The molecule has 2 rings (SSSR count). The Hall–Kier alpha value is -0.830. The van der Waals surface area contributed by atoms with Gasteiger partial charge in [-0.15, -0.1) is 0 Å². The Morgan fingerprint density at radius 1 is 1.43 bits per heavy atom. The van der Waals surface area contributed by atoms with E-state index in [1.165, 1.54) is 12.8 Å². The van der Waals surface area contributed by atoms with Crippen LogP contribution >= 0.6 is 11.6 Å². The van der Waals surface area contributed by atoms with Crippen LogP contribution in [0.1, 0.15) is 19.8 Å². The number of rotatable bonds is 4. The van der Waals surface area contributed by atoms with Gasteiger partial charge in [0.15, 0.2) is 0 Å². The minimum Gasteiger partial charge on any atom is -0.354 e. The lowest BCUT2D eigenvalue weighted by molar-refractivity contribution is 0.699.